The van der Waals surface area contributed by atoms with Crippen molar-refractivity contribution in [2.24, 2.45) is 5.92 Å². The van der Waals surface area contributed by atoms with Crippen molar-refractivity contribution >= 4 is 0 Å². The summed E-state index contributed by atoms with van der Waals surface area (Å²) in [7, 11) is 1.80. The Morgan fingerprint density at radius 1 is 1.35 bits per heavy atom. The summed E-state index contributed by atoms with van der Waals surface area (Å²) in [6.07, 6.45) is 2.65. The van der Waals surface area contributed by atoms with Crippen molar-refractivity contribution in [2.45, 2.75) is 25.8 Å². The molecule has 0 amide bonds. The van der Waals surface area contributed by atoms with Gasteiger partial charge in [-0.15, -0.1) is 0 Å². The Bertz CT molecular complexity index is 363. The van der Waals surface area contributed by atoms with E-state index in [0.29, 0.717) is 6.04 Å². The number of methoxy groups -OCH3 is 1. The van der Waals surface area contributed by atoms with Gasteiger partial charge in [-0.05, 0) is 44.0 Å². The predicted octanol–water partition coefficient (Wildman–Crippen LogP) is 2.70. The standard InChI is InChI=1S/C17H28N2O/c1-3-19(13-15-8-7-11-18-12-15)17(14-20-2)16-9-5-4-6-10-16/h4-6,9-10,15,17-18H,3,7-8,11-14H2,1-2H3. The zero-order valence-electron chi connectivity index (χ0n) is 12.8. The molecule has 1 aliphatic rings. The van der Waals surface area contributed by atoms with Crippen LogP contribution in [0.5, 0.6) is 0 Å². The summed E-state index contributed by atoms with van der Waals surface area (Å²) in [4.78, 5) is 2.57. The van der Waals surface area contributed by atoms with Crippen molar-refractivity contribution in [3.63, 3.8) is 0 Å². The molecule has 2 unspecified atom stereocenters. The summed E-state index contributed by atoms with van der Waals surface area (Å²) >= 11 is 0. The van der Waals surface area contributed by atoms with Gasteiger partial charge in [-0.2, -0.15) is 0 Å². The number of piperidine rings is 1. The van der Waals surface area contributed by atoms with E-state index in [1.807, 2.05) is 0 Å². The maximum Gasteiger partial charge on any atom is 0.0659 e. The molecule has 2 rings (SSSR count). The molecule has 0 aromatic heterocycles. The van der Waals surface area contributed by atoms with Crippen LogP contribution in [0.15, 0.2) is 30.3 Å². The summed E-state index contributed by atoms with van der Waals surface area (Å²) in [6, 6.07) is 11.1. The zero-order valence-corrected chi connectivity index (χ0v) is 12.8. The topological polar surface area (TPSA) is 24.5 Å². The minimum atomic E-state index is 0.369. The Hall–Kier alpha value is -0.900. The normalized spacial score (nSPS) is 21.1. The fraction of sp³-hybridized carbons (Fsp3) is 0.647. The Kier molecular flexibility index (Phi) is 6.51. The first-order valence-corrected chi connectivity index (χ1v) is 7.83. The highest BCUT2D eigenvalue weighted by Crippen LogP contribution is 2.23. The fourth-order valence-corrected chi connectivity index (χ4v) is 3.13. The van der Waals surface area contributed by atoms with Gasteiger partial charge in [-0.1, -0.05) is 37.3 Å². The summed E-state index contributed by atoms with van der Waals surface area (Å²) in [5, 5.41) is 3.52. The van der Waals surface area contributed by atoms with E-state index in [4.69, 9.17) is 4.74 Å². The van der Waals surface area contributed by atoms with Crippen LogP contribution in [-0.2, 0) is 4.74 Å². The van der Waals surface area contributed by atoms with Gasteiger partial charge in [0.25, 0.3) is 0 Å². The van der Waals surface area contributed by atoms with Gasteiger partial charge in [-0.25, -0.2) is 0 Å². The molecule has 1 saturated heterocycles. The highest BCUT2D eigenvalue weighted by Gasteiger charge is 2.23. The summed E-state index contributed by atoms with van der Waals surface area (Å²) < 4.78 is 5.47. The van der Waals surface area contributed by atoms with Gasteiger partial charge in [0.2, 0.25) is 0 Å². The Morgan fingerprint density at radius 3 is 2.75 bits per heavy atom. The number of ether oxygens (including phenoxy) is 1. The third-order valence-electron chi connectivity index (χ3n) is 4.25. The number of nitrogens with zero attached hydrogens (tertiary/aromatic N) is 1. The first-order chi connectivity index (χ1) is 9.85. The number of likely N-dealkylation sites (N-methyl/N-ethyl adjacent to an activating group) is 1. The van der Waals surface area contributed by atoms with Crippen LogP contribution < -0.4 is 5.32 Å². The molecule has 2 atom stereocenters. The molecule has 3 nitrogen and oxygen atoms in total. The zero-order chi connectivity index (χ0) is 14.2. The van der Waals surface area contributed by atoms with E-state index in [1.54, 1.807) is 7.11 Å². The van der Waals surface area contributed by atoms with Gasteiger partial charge in [0.05, 0.1) is 12.6 Å². The van der Waals surface area contributed by atoms with Crippen LogP contribution >= 0.6 is 0 Å². The molecule has 0 bridgehead atoms. The van der Waals surface area contributed by atoms with Gasteiger partial charge in [0, 0.05) is 13.7 Å². The lowest BCUT2D eigenvalue weighted by Crippen LogP contribution is -2.41. The molecule has 0 radical (unpaired) electrons. The van der Waals surface area contributed by atoms with Crippen molar-refractivity contribution in [1.29, 1.82) is 0 Å². The first kappa shape index (κ1) is 15.5. The van der Waals surface area contributed by atoms with E-state index >= 15 is 0 Å². The predicted molar refractivity (Wildman–Crippen MR) is 83.9 cm³/mol. The molecule has 1 aliphatic heterocycles. The third kappa shape index (κ3) is 4.30. The van der Waals surface area contributed by atoms with E-state index in [9.17, 15) is 0 Å². The number of benzene rings is 1. The van der Waals surface area contributed by atoms with Crippen LogP contribution in [0.2, 0.25) is 0 Å². The number of nitrogens with one attached hydrogen (secondary N) is 1. The highest BCUT2D eigenvalue weighted by molar-refractivity contribution is 5.19. The number of rotatable bonds is 7. The van der Waals surface area contributed by atoms with Crippen molar-refractivity contribution in [2.75, 3.05) is 39.9 Å². The van der Waals surface area contributed by atoms with Crippen LogP contribution in [0.3, 0.4) is 0 Å². The van der Waals surface area contributed by atoms with Gasteiger partial charge in [0.1, 0.15) is 0 Å². The van der Waals surface area contributed by atoms with Crippen molar-refractivity contribution in [1.82, 2.24) is 10.2 Å². The third-order valence-corrected chi connectivity index (χ3v) is 4.25. The largest absolute Gasteiger partial charge is 0.383 e. The Labute approximate surface area is 123 Å². The van der Waals surface area contributed by atoms with Crippen molar-refractivity contribution < 1.29 is 4.74 Å². The Morgan fingerprint density at radius 2 is 2.15 bits per heavy atom. The van der Waals surface area contributed by atoms with Crippen LogP contribution in [0, 0.1) is 5.92 Å². The highest BCUT2D eigenvalue weighted by atomic mass is 16.5. The molecule has 0 spiro atoms. The first-order valence-electron chi connectivity index (χ1n) is 7.83. The average molecular weight is 276 g/mol. The van der Waals surface area contributed by atoms with Gasteiger partial charge >= 0.3 is 0 Å². The SMILES string of the molecule is CCN(CC1CCCNC1)C(COC)c1ccccc1. The molecular weight excluding hydrogens is 248 g/mol. The molecular formula is C17H28N2O. The molecule has 3 heteroatoms. The molecule has 1 aromatic carbocycles. The fourth-order valence-electron chi connectivity index (χ4n) is 3.13. The number of hydrogen-bond donors (Lipinski definition) is 1. The van der Waals surface area contributed by atoms with Gasteiger partial charge in [0.15, 0.2) is 0 Å². The molecule has 1 N–H and O–H groups in total. The van der Waals surface area contributed by atoms with E-state index in [0.717, 1.165) is 32.2 Å². The van der Waals surface area contributed by atoms with Gasteiger partial charge < -0.3 is 10.1 Å². The lowest BCUT2D eigenvalue weighted by Gasteiger charge is -2.35. The van der Waals surface area contributed by atoms with Crippen LogP contribution in [0.1, 0.15) is 31.4 Å². The lowest BCUT2D eigenvalue weighted by molar-refractivity contribution is 0.0784. The molecule has 112 valence electrons. The minimum Gasteiger partial charge on any atom is -0.383 e. The number of hydrogen-bond acceptors (Lipinski definition) is 3. The minimum absolute atomic E-state index is 0.369. The summed E-state index contributed by atoms with van der Waals surface area (Å²) in [6.45, 7) is 7.58. The van der Waals surface area contributed by atoms with E-state index in [-0.39, 0.29) is 0 Å². The van der Waals surface area contributed by atoms with E-state index < -0.39 is 0 Å². The quantitative estimate of drug-likeness (QED) is 0.828. The second kappa shape index (κ2) is 8.40. The lowest BCUT2D eigenvalue weighted by atomic mass is 9.97. The van der Waals surface area contributed by atoms with E-state index in [2.05, 4.69) is 47.5 Å². The monoisotopic (exact) mass is 276 g/mol. The molecule has 0 aliphatic carbocycles. The molecule has 1 fully saturated rings. The maximum absolute atomic E-state index is 5.47. The van der Waals surface area contributed by atoms with Crippen LogP contribution in [0.25, 0.3) is 0 Å². The van der Waals surface area contributed by atoms with Gasteiger partial charge in [-0.3, -0.25) is 4.90 Å². The smallest absolute Gasteiger partial charge is 0.0659 e. The second-order valence-corrected chi connectivity index (χ2v) is 5.68. The summed E-state index contributed by atoms with van der Waals surface area (Å²) in [5.74, 6) is 0.770. The average Bonchev–Trinajstić information content (AvgIpc) is 2.52. The van der Waals surface area contributed by atoms with Crippen LogP contribution in [0.4, 0.5) is 0 Å². The summed E-state index contributed by atoms with van der Waals surface area (Å²) in [5.41, 5.74) is 1.36. The maximum atomic E-state index is 5.47. The molecule has 20 heavy (non-hydrogen) atoms. The molecule has 1 heterocycles. The van der Waals surface area contributed by atoms with E-state index in [1.165, 1.54) is 24.9 Å². The second-order valence-electron chi connectivity index (χ2n) is 5.68. The Balaban J connectivity index is 2.04. The van der Waals surface area contributed by atoms with Crippen molar-refractivity contribution in [3.05, 3.63) is 35.9 Å². The molecule has 1 aromatic rings. The van der Waals surface area contributed by atoms with Crippen molar-refractivity contribution in [3.8, 4) is 0 Å². The molecule has 0 saturated carbocycles. The van der Waals surface area contributed by atoms with Crippen LogP contribution in [-0.4, -0.2) is 44.8 Å².